The van der Waals surface area contributed by atoms with Crippen LogP contribution < -0.4 is 9.64 Å². The molecule has 1 atom stereocenters. The van der Waals surface area contributed by atoms with Gasteiger partial charge in [-0.2, -0.15) is 5.10 Å². The average Bonchev–Trinajstić information content (AvgIpc) is 3.56. The highest BCUT2D eigenvalue weighted by molar-refractivity contribution is 5.94. The number of nitrogens with zero attached hydrogens (tertiary/aromatic N) is 5. The first-order valence-electron chi connectivity index (χ1n) is 11.3. The Balaban J connectivity index is 1.37. The first kappa shape index (κ1) is 20.5. The predicted molar refractivity (Wildman–Crippen MR) is 122 cm³/mol. The molecule has 2 aromatic heterocycles. The summed E-state index contributed by atoms with van der Waals surface area (Å²) < 4.78 is 5.28. The third-order valence-corrected chi connectivity index (χ3v) is 6.41. The summed E-state index contributed by atoms with van der Waals surface area (Å²) in [6.45, 7) is 3.41. The van der Waals surface area contributed by atoms with Gasteiger partial charge in [-0.15, -0.1) is 0 Å². The van der Waals surface area contributed by atoms with Crippen molar-refractivity contribution in [2.75, 3.05) is 38.2 Å². The molecule has 0 unspecified atom stereocenters. The van der Waals surface area contributed by atoms with Crippen molar-refractivity contribution in [3.63, 3.8) is 0 Å². The van der Waals surface area contributed by atoms with Crippen molar-refractivity contribution in [3.05, 3.63) is 54.0 Å². The topological polar surface area (TPSA) is 87.2 Å². The molecule has 0 bridgehead atoms. The number of hydrogen-bond acceptors (Lipinski definition) is 6. The lowest BCUT2D eigenvalue weighted by atomic mass is 9.91. The molecule has 2 fully saturated rings. The lowest BCUT2D eigenvalue weighted by Crippen LogP contribution is -2.39. The van der Waals surface area contributed by atoms with E-state index in [1.807, 2.05) is 41.6 Å². The molecule has 1 amide bonds. The van der Waals surface area contributed by atoms with E-state index < -0.39 is 0 Å². The Bertz CT molecular complexity index is 1090. The number of likely N-dealkylation sites (tertiary alicyclic amines) is 1. The maximum absolute atomic E-state index is 13.1. The van der Waals surface area contributed by atoms with Crippen LogP contribution in [0.5, 0.6) is 5.75 Å². The lowest BCUT2D eigenvalue weighted by molar-refractivity contribution is 0.0705. The van der Waals surface area contributed by atoms with Gasteiger partial charge in [0.15, 0.2) is 0 Å². The van der Waals surface area contributed by atoms with Crippen LogP contribution in [-0.4, -0.2) is 64.3 Å². The summed E-state index contributed by atoms with van der Waals surface area (Å²) >= 11 is 0. The normalized spacial score (nSPS) is 18.7. The van der Waals surface area contributed by atoms with Crippen LogP contribution in [0.4, 0.5) is 5.95 Å². The minimum Gasteiger partial charge on any atom is -0.497 e. The first-order chi connectivity index (χ1) is 15.7. The maximum atomic E-state index is 13.1. The molecule has 8 heteroatoms. The summed E-state index contributed by atoms with van der Waals surface area (Å²) in [7, 11) is 1.61. The molecule has 3 aromatic rings. The monoisotopic (exact) mass is 432 g/mol. The molecule has 166 valence electrons. The molecule has 1 N–H and O–H groups in total. The van der Waals surface area contributed by atoms with Gasteiger partial charge in [-0.05, 0) is 49.9 Å². The van der Waals surface area contributed by atoms with Gasteiger partial charge in [-0.25, -0.2) is 9.97 Å². The van der Waals surface area contributed by atoms with Gasteiger partial charge in [-0.3, -0.25) is 9.89 Å². The Morgan fingerprint density at radius 3 is 2.88 bits per heavy atom. The molecule has 2 aliphatic heterocycles. The number of aromatic amines is 1. The molecule has 2 aliphatic rings. The number of anilines is 1. The van der Waals surface area contributed by atoms with Crippen molar-refractivity contribution in [2.45, 2.75) is 31.6 Å². The van der Waals surface area contributed by atoms with Gasteiger partial charge in [0.25, 0.3) is 5.91 Å². The predicted octanol–water partition coefficient (Wildman–Crippen LogP) is 3.50. The largest absolute Gasteiger partial charge is 0.497 e. The van der Waals surface area contributed by atoms with E-state index in [0.717, 1.165) is 55.4 Å². The smallest absolute Gasteiger partial charge is 0.254 e. The van der Waals surface area contributed by atoms with E-state index in [1.165, 1.54) is 12.8 Å². The SMILES string of the molecule is COc1cccc(C(=O)N2CCC[C@@H](c3[nH]ncc3-c3ccnc(N4CCCC4)n3)C2)c1. The van der Waals surface area contributed by atoms with E-state index in [2.05, 4.69) is 20.1 Å². The number of H-pyrrole nitrogens is 1. The molecule has 0 saturated carbocycles. The van der Waals surface area contributed by atoms with Crippen LogP contribution >= 0.6 is 0 Å². The van der Waals surface area contributed by atoms with Crippen LogP contribution in [0.15, 0.2) is 42.7 Å². The third kappa shape index (κ3) is 4.04. The number of ether oxygens (including phenoxy) is 1. The second-order valence-electron chi connectivity index (χ2n) is 8.46. The number of nitrogens with one attached hydrogen (secondary N) is 1. The summed E-state index contributed by atoms with van der Waals surface area (Å²) in [5.74, 6) is 1.69. The molecule has 5 rings (SSSR count). The summed E-state index contributed by atoms with van der Waals surface area (Å²) in [5, 5.41) is 7.53. The van der Waals surface area contributed by atoms with Gasteiger partial charge >= 0.3 is 0 Å². The lowest BCUT2D eigenvalue weighted by Gasteiger charge is -2.33. The average molecular weight is 433 g/mol. The quantitative estimate of drug-likeness (QED) is 0.664. The standard InChI is InChI=1S/C24H28N6O2/c1-32-19-8-4-6-17(14-19)23(31)30-13-5-7-18(16-30)22-20(15-26-28-22)21-9-10-25-24(27-21)29-11-2-3-12-29/h4,6,8-10,14-15,18H,2-3,5,7,11-13,16H2,1H3,(H,26,28)/t18-/m1/s1. The highest BCUT2D eigenvalue weighted by Gasteiger charge is 2.29. The zero-order chi connectivity index (χ0) is 21.9. The Hall–Kier alpha value is -3.42. The van der Waals surface area contributed by atoms with Gasteiger partial charge < -0.3 is 14.5 Å². The van der Waals surface area contributed by atoms with Gasteiger partial charge in [0, 0.05) is 55.1 Å². The molecule has 8 nitrogen and oxygen atoms in total. The van der Waals surface area contributed by atoms with Crippen molar-refractivity contribution in [3.8, 4) is 17.0 Å². The Morgan fingerprint density at radius 1 is 1.16 bits per heavy atom. The highest BCUT2D eigenvalue weighted by Crippen LogP contribution is 2.33. The molecule has 0 radical (unpaired) electrons. The van der Waals surface area contributed by atoms with Gasteiger partial charge in [-0.1, -0.05) is 6.07 Å². The zero-order valence-corrected chi connectivity index (χ0v) is 18.3. The van der Waals surface area contributed by atoms with Crippen molar-refractivity contribution < 1.29 is 9.53 Å². The fourth-order valence-corrected chi connectivity index (χ4v) is 4.72. The van der Waals surface area contributed by atoms with Crippen molar-refractivity contribution in [1.29, 1.82) is 0 Å². The third-order valence-electron chi connectivity index (χ3n) is 6.41. The molecule has 0 spiro atoms. The number of aromatic nitrogens is 4. The fourth-order valence-electron chi connectivity index (χ4n) is 4.72. The van der Waals surface area contributed by atoms with Crippen molar-refractivity contribution >= 4 is 11.9 Å². The van der Waals surface area contributed by atoms with Crippen LogP contribution in [0.1, 0.15) is 47.7 Å². The molecule has 1 aromatic carbocycles. The number of piperidine rings is 1. The maximum Gasteiger partial charge on any atom is 0.254 e. The number of rotatable bonds is 5. The van der Waals surface area contributed by atoms with E-state index >= 15 is 0 Å². The second-order valence-corrected chi connectivity index (χ2v) is 8.46. The number of methoxy groups -OCH3 is 1. The Kier molecular flexibility index (Phi) is 5.75. The number of hydrogen-bond donors (Lipinski definition) is 1. The fraction of sp³-hybridized carbons (Fsp3) is 0.417. The van der Waals surface area contributed by atoms with E-state index in [9.17, 15) is 4.79 Å². The molecular weight excluding hydrogens is 404 g/mol. The Labute approximate surface area is 187 Å². The minimum absolute atomic E-state index is 0.0352. The number of amides is 1. The summed E-state index contributed by atoms with van der Waals surface area (Å²) in [5.41, 5.74) is 3.57. The van der Waals surface area contributed by atoms with E-state index in [-0.39, 0.29) is 11.8 Å². The first-order valence-corrected chi connectivity index (χ1v) is 11.3. The molecule has 4 heterocycles. The van der Waals surface area contributed by atoms with E-state index in [0.29, 0.717) is 17.9 Å². The minimum atomic E-state index is 0.0352. The second kappa shape index (κ2) is 8.98. The molecule has 0 aliphatic carbocycles. The van der Waals surface area contributed by atoms with Gasteiger partial charge in [0.05, 0.1) is 19.0 Å². The molecule has 32 heavy (non-hydrogen) atoms. The summed E-state index contributed by atoms with van der Waals surface area (Å²) in [6.07, 6.45) is 7.98. The van der Waals surface area contributed by atoms with Crippen LogP contribution in [0, 0.1) is 0 Å². The van der Waals surface area contributed by atoms with Crippen LogP contribution in [0.3, 0.4) is 0 Å². The number of carbonyl (C=O) groups excluding carboxylic acids is 1. The van der Waals surface area contributed by atoms with Gasteiger partial charge in [0.2, 0.25) is 5.95 Å². The summed E-state index contributed by atoms with van der Waals surface area (Å²) in [6, 6.07) is 9.29. The number of benzene rings is 1. The zero-order valence-electron chi connectivity index (χ0n) is 18.3. The Morgan fingerprint density at radius 2 is 2.03 bits per heavy atom. The van der Waals surface area contributed by atoms with Crippen molar-refractivity contribution in [2.24, 2.45) is 0 Å². The van der Waals surface area contributed by atoms with E-state index in [4.69, 9.17) is 9.72 Å². The van der Waals surface area contributed by atoms with Crippen LogP contribution in [0.2, 0.25) is 0 Å². The van der Waals surface area contributed by atoms with E-state index in [1.54, 1.807) is 13.2 Å². The van der Waals surface area contributed by atoms with Crippen molar-refractivity contribution in [1.82, 2.24) is 25.1 Å². The highest BCUT2D eigenvalue weighted by atomic mass is 16.5. The van der Waals surface area contributed by atoms with Crippen LogP contribution in [-0.2, 0) is 0 Å². The molecule has 2 saturated heterocycles. The van der Waals surface area contributed by atoms with Crippen LogP contribution in [0.25, 0.3) is 11.3 Å². The number of carbonyl (C=O) groups is 1. The summed E-state index contributed by atoms with van der Waals surface area (Å²) in [4.78, 5) is 26.6. The molecular formula is C24H28N6O2. The van der Waals surface area contributed by atoms with Gasteiger partial charge in [0.1, 0.15) is 5.75 Å².